The molecule has 5 nitrogen and oxygen atoms in total. The fourth-order valence-electron chi connectivity index (χ4n) is 1.40. The summed E-state index contributed by atoms with van der Waals surface area (Å²) in [5.74, 6) is -0.287. The Morgan fingerprint density at radius 2 is 1.81 bits per heavy atom. The van der Waals surface area contributed by atoms with Crippen LogP contribution in [-0.2, 0) is 4.79 Å². The van der Waals surface area contributed by atoms with Gasteiger partial charge in [0.1, 0.15) is 0 Å². The number of carbonyl (C=O) groups excluding carboxylic acids is 1. The lowest BCUT2D eigenvalue weighted by molar-refractivity contribution is -0.120. The molecule has 0 aromatic heterocycles. The fraction of sp³-hybridized carbons (Fsp3) is 0.909. The van der Waals surface area contributed by atoms with Gasteiger partial charge in [0.05, 0.1) is 6.04 Å². The summed E-state index contributed by atoms with van der Waals surface area (Å²) < 4.78 is 0. The molecule has 0 aliphatic carbocycles. The van der Waals surface area contributed by atoms with E-state index in [1.807, 2.05) is 35.0 Å². The molecule has 1 unspecified atom stereocenters. The molecule has 5 heteroatoms. The normalized spacial score (nSPS) is 13.8. The monoisotopic (exact) mass is 230 g/mol. The van der Waals surface area contributed by atoms with Crippen LogP contribution in [0.4, 0.5) is 0 Å². The summed E-state index contributed by atoms with van der Waals surface area (Å²) in [5.41, 5.74) is 5.35. The topological polar surface area (TPSA) is 61.6 Å². The minimum atomic E-state index is -0.287. The van der Waals surface area contributed by atoms with Gasteiger partial charge in [0, 0.05) is 25.7 Å². The van der Waals surface area contributed by atoms with Gasteiger partial charge in [-0.2, -0.15) is 0 Å². The molecule has 0 bridgehead atoms. The van der Waals surface area contributed by atoms with Crippen molar-refractivity contribution in [2.45, 2.75) is 25.9 Å². The van der Waals surface area contributed by atoms with Crippen LogP contribution in [0.25, 0.3) is 0 Å². The molecule has 1 amide bonds. The summed E-state index contributed by atoms with van der Waals surface area (Å²) in [6.07, 6.45) is 0. The van der Waals surface area contributed by atoms with E-state index in [4.69, 9.17) is 5.73 Å². The lowest BCUT2D eigenvalue weighted by atomic mass is 10.2. The molecule has 0 heterocycles. The van der Waals surface area contributed by atoms with Gasteiger partial charge in [-0.05, 0) is 21.1 Å². The number of carbonyl (C=O) groups is 1. The van der Waals surface area contributed by atoms with E-state index in [9.17, 15) is 4.79 Å². The first-order valence-electron chi connectivity index (χ1n) is 5.71. The lowest BCUT2D eigenvalue weighted by Gasteiger charge is -2.25. The molecular formula is C11H26N4O. The molecular weight excluding hydrogens is 204 g/mol. The van der Waals surface area contributed by atoms with Gasteiger partial charge in [-0.15, -0.1) is 0 Å². The highest BCUT2D eigenvalue weighted by atomic mass is 16.1. The molecule has 0 spiro atoms. The van der Waals surface area contributed by atoms with Crippen LogP contribution in [0.5, 0.6) is 0 Å². The summed E-state index contributed by atoms with van der Waals surface area (Å²) in [7, 11) is 6.07. The third kappa shape index (κ3) is 7.62. The maximum atomic E-state index is 11.2. The number of hydrogen-bond donors (Lipinski definition) is 2. The zero-order valence-corrected chi connectivity index (χ0v) is 11.2. The van der Waals surface area contributed by atoms with Crippen molar-refractivity contribution in [1.82, 2.24) is 15.1 Å². The van der Waals surface area contributed by atoms with Crippen LogP contribution < -0.4 is 11.1 Å². The van der Waals surface area contributed by atoms with Crippen LogP contribution in [0.1, 0.15) is 13.8 Å². The maximum Gasteiger partial charge on any atom is 0.235 e. The first-order valence-corrected chi connectivity index (χ1v) is 5.71. The summed E-state index contributed by atoms with van der Waals surface area (Å²) in [4.78, 5) is 15.5. The number of nitrogens with zero attached hydrogens (tertiary/aromatic N) is 2. The van der Waals surface area contributed by atoms with Gasteiger partial charge in [0.2, 0.25) is 5.91 Å². The van der Waals surface area contributed by atoms with Gasteiger partial charge in [-0.1, -0.05) is 13.8 Å². The van der Waals surface area contributed by atoms with Crippen LogP contribution in [0.3, 0.4) is 0 Å². The molecule has 0 radical (unpaired) electrons. The Hall–Kier alpha value is -0.650. The van der Waals surface area contributed by atoms with E-state index in [-0.39, 0.29) is 18.0 Å². The summed E-state index contributed by atoms with van der Waals surface area (Å²) in [6, 6.07) is -0.00749. The Morgan fingerprint density at radius 3 is 2.19 bits per heavy atom. The van der Waals surface area contributed by atoms with E-state index in [2.05, 4.69) is 15.1 Å². The zero-order chi connectivity index (χ0) is 12.7. The summed E-state index contributed by atoms with van der Waals surface area (Å²) >= 11 is 0. The van der Waals surface area contributed by atoms with Gasteiger partial charge >= 0.3 is 0 Å². The number of nitrogens with one attached hydrogen (secondary N) is 1. The molecule has 0 rings (SSSR count). The summed E-state index contributed by atoms with van der Waals surface area (Å²) in [6.45, 7) is 6.58. The summed E-state index contributed by atoms with van der Waals surface area (Å²) in [5, 5.41) is 3.17. The molecule has 0 saturated heterocycles. The van der Waals surface area contributed by atoms with Gasteiger partial charge in [-0.3, -0.25) is 4.79 Å². The molecule has 1 atom stereocenters. The van der Waals surface area contributed by atoms with E-state index in [1.165, 1.54) is 0 Å². The van der Waals surface area contributed by atoms with Gasteiger partial charge in [-0.25, -0.2) is 0 Å². The zero-order valence-electron chi connectivity index (χ0n) is 11.2. The number of nitrogens with two attached hydrogens (primary N) is 1. The Balaban J connectivity index is 4.03. The molecule has 96 valence electrons. The number of primary amides is 1. The van der Waals surface area contributed by atoms with Crippen molar-refractivity contribution in [2.75, 3.05) is 40.8 Å². The van der Waals surface area contributed by atoms with Crippen LogP contribution in [0.2, 0.25) is 0 Å². The molecule has 0 aliphatic heterocycles. The fourth-order valence-corrected chi connectivity index (χ4v) is 1.40. The Kier molecular flexibility index (Phi) is 7.29. The molecule has 0 saturated carbocycles. The lowest BCUT2D eigenvalue weighted by Crippen LogP contribution is -2.51. The van der Waals surface area contributed by atoms with Crippen LogP contribution in [0, 0.1) is 0 Å². The van der Waals surface area contributed by atoms with Crippen molar-refractivity contribution in [2.24, 2.45) is 5.73 Å². The molecule has 16 heavy (non-hydrogen) atoms. The van der Waals surface area contributed by atoms with Gasteiger partial charge in [0.15, 0.2) is 0 Å². The maximum absolute atomic E-state index is 11.2. The smallest absolute Gasteiger partial charge is 0.235 e. The number of amides is 1. The Labute approximate surface area is 99.0 Å². The first kappa shape index (κ1) is 15.3. The van der Waals surface area contributed by atoms with Crippen molar-refractivity contribution in [1.29, 1.82) is 0 Å². The highest BCUT2D eigenvalue weighted by Crippen LogP contribution is 1.92. The SMILES string of the molecule is CC(C)NC(CN(C)CCN(C)C)C(N)=O. The first-order chi connectivity index (χ1) is 7.32. The largest absolute Gasteiger partial charge is 0.368 e. The Morgan fingerprint density at radius 1 is 1.25 bits per heavy atom. The molecule has 0 aliphatic rings. The van der Waals surface area contributed by atoms with E-state index in [0.717, 1.165) is 13.1 Å². The minimum Gasteiger partial charge on any atom is -0.368 e. The van der Waals surface area contributed by atoms with Crippen molar-refractivity contribution in [3.05, 3.63) is 0 Å². The van der Waals surface area contributed by atoms with E-state index >= 15 is 0 Å². The number of hydrogen-bond acceptors (Lipinski definition) is 4. The number of rotatable bonds is 8. The van der Waals surface area contributed by atoms with Crippen LogP contribution >= 0.6 is 0 Å². The van der Waals surface area contributed by atoms with Crippen molar-refractivity contribution in [3.8, 4) is 0 Å². The predicted octanol–water partition coefficient (Wildman–Crippen LogP) is -0.668. The van der Waals surface area contributed by atoms with Crippen molar-refractivity contribution < 1.29 is 4.79 Å². The average Bonchev–Trinajstić information content (AvgIpc) is 2.12. The van der Waals surface area contributed by atoms with Crippen molar-refractivity contribution >= 4 is 5.91 Å². The van der Waals surface area contributed by atoms with E-state index in [0.29, 0.717) is 6.54 Å². The molecule has 0 aromatic rings. The molecule has 0 fully saturated rings. The standard InChI is InChI=1S/C11H26N4O/c1-9(2)13-10(11(12)16)8-15(5)7-6-14(3)4/h9-10,13H,6-8H2,1-5H3,(H2,12,16). The highest BCUT2D eigenvalue weighted by Gasteiger charge is 2.17. The third-order valence-corrected chi connectivity index (χ3v) is 2.30. The second kappa shape index (κ2) is 7.60. The van der Waals surface area contributed by atoms with Crippen LogP contribution in [-0.4, -0.2) is 68.6 Å². The highest BCUT2D eigenvalue weighted by molar-refractivity contribution is 5.80. The minimum absolute atomic E-state index is 0.264. The quantitative estimate of drug-likeness (QED) is 0.581. The van der Waals surface area contributed by atoms with Gasteiger partial charge < -0.3 is 20.9 Å². The van der Waals surface area contributed by atoms with E-state index in [1.54, 1.807) is 0 Å². The van der Waals surface area contributed by atoms with Gasteiger partial charge in [0.25, 0.3) is 0 Å². The second-order valence-corrected chi connectivity index (χ2v) is 4.84. The Bertz CT molecular complexity index is 206. The second-order valence-electron chi connectivity index (χ2n) is 4.84. The van der Waals surface area contributed by atoms with Crippen molar-refractivity contribution in [3.63, 3.8) is 0 Å². The molecule has 3 N–H and O–H groups in total. The van der Waals surface area contributed by atoms with Crippen LogP contribution in [0.15, 0.2) is 0 Å². The van der Waals surface area contributed by atoms with E-state index < -0.39 is 0 Å². The third-order valence-electron chi connectivity index (χ3n) is 2.30. The molecule has 0 aromatic carbocycles. The predicted molar refractivity (Wildman–Crippen MR) is 67.3 cm³/mol. The average molecular weight is 230 g/mol. The number of likely N-dealkylation sites (N-methyl/N-ethyl adjacent to an activating group) is 2.